The number of aryl methyl sites for hydroxylation is 2. The first-order valence-corrected chi connectivity index (χ1v) is 6.51. The lowest BCUT2D eigenvalue weighted by molar-refractivity contribution is 0.746. The second kappa shape index (κ2) is 5.25. The summed E-state index contributed by atoms with van der Waals surface area (Å²) in [5.41, 5.74) is 4.05. The zero-order valence-corrected chi connectivity index (χ0v) is 11.3. The zero-order chi connectivity index (χ0) is 13.1. The molecule has 2 aromatic rings. The summed E-state index contributed by atoms with van der Waals surface area (Å²) in [6.07, 6.45) is 3.18. The van der Waals surface area contributed by atoms with Crippen LogP contribution in [0.1, 0.15) is 36.6 Å². The SMILES string of the molecule is CCCCc1[nH]n(-c2ccc(C)cc2)c(=O)c1C. The van der Waals surface area contributed by atoms with Gasteiger partial charge < -0.3 is 0 Å². The van der Waals surface area contributed by atoms with Gasteiger partial charge in [-0.15, -0.1) is 0 Å². The summed E-state index contributed by atoms with van der Waals surface area (Å²) in [6, 6.07) is 7.97. The van der Waals surface area contributed by atoms with E-state index in [1.165, 1.54) is 5.56 Å². The van der Waals surface area contributed by atoms with Crippen LogP contribution in [0.3, 0.4) is 0 Å². The quantitative estimate of drug-likeness (QED) is 0.881. The highest BCUT2D eigenvalue weighted by molar-refractivity contribution is 5.35. The van der Waals surface area contributed by atoms with E-state index in [1.807, 2.05) is 38.1 Å². The first-order valence-electron chi connectivity index (χ1n) is 6.51. The van der Waals surface area contributed by atoms with Gasteiger partial charge >= 0.3 is 0 Å². The number of nitrogens with one attached hydrogen (secondary N) is 1. The molecular formula is C15H20N2O. The fourth-order valence-corrected chi connectivity index (χ4v) is 2.04. The number of H-pyrrole nitrogens is 1. The van der Waals surface area contributed by atoms with E-state index < -0.39 is 0 Å². The molecular weight excluding hydrogens is 224 g/mol. The van der Waals surface area contributed by atoms with Gasteiger partial charge in [0.05, 0.1) is 5.69 Å². The second-order valence-corrected chi connectivity index (χ2v) is 4.80. The van der Waals surface area contributed by atoms with Crippen molar-refractivity contribution < 1.29 is 0 Å². The smallest absolute Gasteiger partial charge is 0.274 e. The minimum Gasteiger partial charge on any atom is -0.295 e. The van der Waals surface area contributed by atoms with E-state index in [2.05, 4.69) is 12.0 Å². The lowest BCUT2D eigenvalue weighted by Gasteiger charge is -2.02. The number of aromatic nitrogens is 2. The summed E-state index contributed by atoms with van der Waals surface area (Å²) in [5.74, 6) is 0. The minimum absolute atomic E-state index is 0.0601. The molecule has 0 saturated heterocycles. The summed E-state index contributed by atoms with van der Waals surface area (Å²) < 4.78 is 1.64. The Morgan fingerprint density at radius 2 is 1.83 bits per heavy atom. The molecule has 0 aliphatic carbocycles. The van der Waals surface area contributed by atoms with Crippen LogP contribution in [0, 0.1) is 13.8 Å². The number of unbranched alkanes of at least 4 members (excludes halogenated alkanes) is 1. The average Bonchev–Trinajstić information content (AvgIpc) is 2.65. The third kappa shape index (κ3) is 2.40. The highest BCUT2D eigenvalue weighted by atomic mass is 16.1. The van der Waals surface area contributed by atoms with Crippen LogP contribution in [-0.4, -0.2) is 9.78 Å². The molecule has 0 unspecified atom stereocenters. The highest BCUT2D eigenvalue weighted by Gasteiger charge is 2.10. The Balaban J connectivity index is 2.39. The summed E-state index contributed by atoms with van der Waals surface area (Å²) in [7, 11) is 0. The van der Waals surface area contributed by atoms with E-state index in [9.17, 15) is 4.79 Å². The van der Waals surface area contributed by atoms with E-state index in [0.717, 1.165) is 36.2 Å². The molecule has 0 spiro atoms. The molecule has 0 fully saturated rings. The van der Waals surface area contributed by atoms with Crippen molar-refractivity contribution in [1.29, 1.82) is 0 Å². The average molecular weight is 244 g/mol. The van der Waals surface area contributed by atoms with Gasteiger partial charge in [0.1, 0.15) is 0 Å². The molecule has 0 atom stereocenters. The van der Waals surface area contributed by atoms with Crippen LogP contribution in [0.15, 0.2) is 29.1 Å². The maximum atomic E-state index is 12.2. The first kappa shape index (κ1) is 12.7. The van der Waals surface area contributed by atoms with Crippen molar-refractivity contribution in [3.8, 4) is 5.69 Å². The van der Waals surface area contributed by atoms with Gasteiger partial charge in [-0.1, -0.05) is 31.0 Å². The molecule has 3 heteroatoms. The maximum Gasteiger partial charge on any atom is 0.274 e. The second-order valence-electron chi connectivity index (χ2n) is 4.80. The fourth-order valence-electron chi connectivity index (χ4n) is 2.04. The lowest BCUT2D eigenvalue weighted by Crippen LogP contribution is -2.15. The summed E-state index contributed by atoms with van der Waals surface area (Å²) in [5, 5.41) is 3.22. The summed E-state index contributed by atoms with van der Waals surface area (Å²) in [6.45, 7) is 6.10. The van der Waals surface area contributed by atoms with Crippen molar-refractivity contribution in [2.45, 2.75) is 40.0 Å². The standard InChI is InChI=1S/C15H20N2O/c1-4-5-6-14-12(3)15(18)17(16-14)13-9-7-11(2)8-10-13/h7-10,16H,4-6H2,1-3H3. The first-order chi connectivity index (χ1) is 8.63. The number of aromatic amines is 1. The maximum absolute atomic E-state index is 12.2. The van der Waals surface area contributed by atoms with Crippen LogP contribution in [0.25, 0.3) is 5.69 Å². The van der Waals surface area contributed by atoms with Crippen LogP contribution in [0.2, 0.25) is 0 Å². The topological polar surface area (TPSA) is 37.8 Å². The van der Waals surface area contributed by atoms with Crippen LogP contribution in [-0.2, 0) is 6.42 Å². The number of hydrogen-bond donors (Lipinski definition) is 1. The van der Waals surface area contributed by atoms with Gasteiger partial charge in [0.25, 0.3) is 5.56 Å². The Morgan fingerprint density at radius 3 is 2.44 bits per heavy atom. The molecule has 3 nitrogen and oxygen atoms in total. The Morgan fingerprint density at radius 1 is 1.17 bits per heavy atom. The van der Waals surface area contributed by atoms with Crippen LogP contribution < -0.4 is 5.56 Å². The van der Waals surface area contributed by atoms with Crippen LogP contribution in [0.5, 0.6) is 0 Å². The minimum atomic E-state index is 0.0601. The van der Waals surface area contributed by atoms with Gasteiger partial charge in [-0.25, -0.2) is 4.68 Å². The van der Waals surface area contributed by atoms with Crippen molar-refractivity contribution in [3.05, 3.63) is 51.4 Å². The fraction of sp³-hybridized carbons (Fsp3) is 0.400. The third-order valence-electron chi connectivity index (χ3n) is 3.30. The molecule has 0 radical (unpaired) electrons. The third-order valence-corrected chi connectivity index (χ3v) is 3.30. The van der Waals surface area contributed by atoms with E-state index in [0.29, 0.717) is 0 Å². The molecule has 1 N–H and O–H groups in total. The Bertz CT molecular complexity index is 576. The summed E-state index contributed by atoms with van der Waals surface area (Å²) in [4.78, 5) is 12.2. The van der Waals surface area contributed by atoms with Crippen molar-refractivity contribution >= 4 is 0 Å². The highest BCUT2D eigenvalue weighted by Crippen LogP contribution is 2.10. The summed E-state index contributed by atoms with van der Waals surface area (Å²) >= 11 is 0. The molecule has 0 aliphatic heterocycles. The Kier molecular flexibility index (Phi) is 3.70. The monoisotopic (exact) mass is 244 g/mol. The van der Waals surface area contributed by atoms with Gasteiger partial charge in [-0.3, -0.25) is 9.89 Å². The van der Waals surface area contributed by atoms with Crippen molar-refractivity contribution in [1.82, 2.24) is 9.78 Å². The molecule has 96 valence electrons. The van der Waals surface area contributed by atoms with Crippen molar-refractivity contribution in [3.63, 3.8) is 0 Å². The molecule has 1 aromatic heterocycles. The van der Waals surface area contributed by atoms with Gasteiger partial charge in [0, 0.05) is 11.3 Å². The normalized spacial score (nSPS) is 10.8. The molecule has 0 aliphatic rings. The Labute approximate surface area is 107 Å². The van der Waals surface area contributed by atoms with Gasteiger partial charge in [-0.05, 0) is 38.8 Å². The van der Waals surface area contributed by atoms with Crippen LogP contribution in [0.4, 0.5) is 0 Å². The van der Waals surface area contributed by atoms with Crippen molar-refractivity contribution in [2.24, 2.45) is 0 Å². The number of nitrogens with zero attached hydrogens (tertiary/aromatic N) is 1. The van der Waals surface area contributed by atoms with E-state index in [1.54, 1.807) is 4.68 Å². The Hall–Kier alpha value is -1.77. The predicted octanol–water partition coefficient (Wildman–Crippen LogP) is 3.13. The number of hydrogen-bond acceptors (Lipinski definition) is 1. The van der Waals surface area contributed by atoms with Crippen molar-refractivity contribution in [2.75, 3.05) is 0 Å². The lowest BCUT2D eigenvalue weighted by atomic mass is 10.1. The largest absolute Gasteiger partial charge is 0.295 e. The molecule has 0 amide bonds. The number of benzene rings is 1. The van der Waals surface area contributed by atoms with Gasteiger partial charge in [-0.2, -0.15) is 0 Å². The predicted molar refractivity (Wildman–Crippen MR) is 74.5 cm³/mol. The molecule has 1 aromatic carbocycles. The molecule has 18 heavy (non-hydrogen) atoms. The van der Waals surface area contributed by atoms with E-state index in [-0.39, 0.29) is 5.56 Å². The molecule has 0 saturated carbocycles. The molecule has 0 bridgehead atoms. The van der Waals surface area contributed by atoms with Crippen LogP contribution >= 0.6 is 0 Å². The van der Waals surface area contributed by atoms with Gasteiger partial charge in [0.2, 0.25) is 0 Å². The molecule has 2 rings (SSSR count). The van der Waals surface area contributed by atoms with E-state index >= 15 is 0 Å². The molecule has 1 heterocycles. The van der Waals surface area contributed by atoms with E-state index in [4.69, 9.17) is 0 Å². The number of rotatable bonds is 4. The zero-order valence-electron chi connectivity index (χ0n) is 11.3. The van der Waals surface area contributed by atoms with Gasteiger partial charge in [0.15, 0.2) is 0 Å².